The van der Waals surface area contributed by atoms with Gasteiger partial charge >= 0.3 is 0 Å². The van der Waals surface area contributed by atoms with Crippen LogP contribution in [0.1, 0.15) is 11.3 Å². The Kier molecular flexibility index (Phi) is 1.97. The van der Waals surface area contributed by atoms with Crippen LogP contribution in [-0.2, 0) is 0 Å². The molecule has 0 aliphatic heterocycles. The molecule has 0 fully saturated rings. The third kappa shape index (κ3) is 1.27. The van der Waals surface area contributed by atoms with Crippen molar-refractivity contribution in [2.45, 2.75) is 6.92 Å². The summed E-state index contributed by atoms with van der Waals surface area (Å²) >= 11 is 0. The standard InChI is InChI=1S/C10H10N4O/c1-6-4-14-5-8(12)9(15-2)7(3-11)10(14)13-6/h4-5H,12H2,1-2H3. The predicted octanol–water partition coefficient (Wildman–Crippen LogP) is 1.11. The molecule has 5 heteroatoms. The van der Waals surface area contributed by atoms with Gasteiger partial charge in [-0.15, -0.1) is 0 Å². The van der Waals surface area contributed by atoms with Gasteiger partial charge in [-0.1, -0.05) is 0 Å². The highest BCUT2D eigenvalue weighted by Gasteiger charge is 2.14. The lowest BCUT2D eigenvalue weighted by Crippen LogP contribution is -1.99. The number of fused-ring (bicyclic) bond motifs is 1. The number of nitrogens with zero attached hydrogens (tertiary/aromatic N) is 3. The molecule has 0 saturated heterocycles. The number of pyridine rings is 1. The van der Waals surface area contributed by atoms with E-state index in [1.165, 1.54) is 7.11 Å². The number of aryl methyl sites for hydroxylation is 1. The Labute approximate surface area is 86.7 Å². The number of methoxy groups -OCH3 is 1. The first-order chi connectivity index (χ1) is 7.17. The van der Waals surface area contributed by atoms with E-state index in [2.05, 4.69) is 11.1 Å². The van der Waals surface area contributed by atoms with E-state index in [9.17, 15) is 0 Å². The van der Waals surface area contributed by atoms with Crippen molar-refractivity contribution < 1.29 is 4.74 Å². The first-order valence-electron chi connectivity index (χ1n) is 4.39. The number of nitriles is 1. The Bertz CT molecular complexity index is 565. The molecule has 76 valence electrons. The zero-order valence-electron chi connectivity index (χ0n) is 8.48. The first kappa shape index (κ1) is 9.34. The fraction of sp³-hybridized carbons (Fsp3) is 0.200. The minimum Gasteiger partial charge on any atom is -0.493 e. The van der Waals surface area contributed by atoms with Gasteiger partial charge in [-0.25, -0.2) is 4.98 Å². The fourth-order valence-corrected chi connectivity index (χ4v) is 1.57. The maximum absolute atomic E-state index is 9.04. The van der Waals surface area contributed by atoms with E-state index in [4.69, 9.17) is 15.7 Å². The zero-order valence-corrected chi connectivity index (χ0v) is 8.48. The maximum atomic E-state index is 9.04. The lowest BCUT2D eigenvalue weighted by atomic mass is 10.2. The Hall–Kier alpha value is -2.22. The lowest BCUT2D eigenvalue weighted by molar-refractivity contribution is 0.415. The molecule has 0 spiro atoms. The second-order valence-corrected chi connectivity index (χ2v) is 3.22. The minimum atomic E-state index is 0.366. The SMILES string of the molecule is COc1c(N)cn2cc(C)nc2c1C#N. The molecular weight excluding hydrogens is 192 g/mol. The molecule has 0 unspecified atom stereocenters. The molecule has 0 saturated carbocycles. The normalized spacial score (nSPS) is 10.2. The average molecular weight is 202 g/mol. The number of ether oxygens (including phenoxy) is 1. The van der Waals surface area contributed by atoms with E-state index in [0.717, 1.165) is 5.69 Å². The molecule has 0 aliphatic carbocycles. The van der Waals surface area contributed by atoms with E-state index < -0.39 is 0 Å². The number of hydrogen-bond acceptors (Lipinski definition) is 4. The Balaban J connectivity index is 2.91. The van der Waals surface area contributed by atoms with Crippen molar-refractivity contribution >= 4 is 11.3 Å². The van der Waals surface area contributed by atoms with Gasteiger partial charge in [0, 0.05) is 12.4 Å². The highest BCUT2D eigenvalue weighted by Crippen LogP contribution is 2.28. The number of anilines is 1. The molecular formula is C10H10N4O. The molecule has 2 N–H and O–H groups in total. The number of imidazole rings is 1. The molecule has 2 rings (SSSR count). The minimum absolute atomic E-state index is 0.366. The molecule has 2 heterocycles. The van der Waals surface area contributed by atoms with Gasteiger partial charge in [0.2, 0.25) is 0 Å². The number of rotatable bonds is 1. The molecule has 2 aromatic heterocycles. The van der Waals surface area contributed by atoms with Crippen LogP contribution in [0.2, 0.25) is 0 Å². The van der Waals surface area contributed by atoms with Crippen LogP contribution in [0.3, 0.4) is 0 Å². The predicted molar refractivity (Wildman–Crippen MR) is 55.6 cm³/mol. The molecule has 0 radical (unpaired) electrons. The van der Waals surface area contributed by atoms with Crippen LogP contribution in [-0.4, -0.2) is 16.5 Å². The maximum Gasteiger partial charge on any atom is 0.164 e. The highest BCUT2D eigenvalue weighted by molar-refractivity contribution is 5.71. The topological polar surface area (TPSA) is 76.3 Å². The van der Waals surface area contributed by atoms with Gasteiger partial charge in [0.15, 0.2) is 11.4 Å². The van der Waals surface area contributed by atoms with E-state index >= 15 is 0 Å². The molecule has 0 aromatic carbocycles. The molecule has 0 bridgehead atoms. The smallest absolute Gasteiger partial charge is 0.164 e. The van der Waals surface area contributed by atoms with Crippen LogP contribution in [0, 0.1) is 18.3 Å². The number of hydrogen-bond donors (Lipinski definition) is 1. The molecule has 2 aromatic rings. The number of aromatic nitrogens is 2. The van der Waals surface area contributed by atoms with Crippen molar-refractivity contribution in [1.82, 2.24) is 9.38 Å². The van der Waals surface area contributed by atoms with Crippen molar-refractivity contribution in [1.29, 1.82) is 5.26 Å². The number of nitrogen functional groups attached to an aromatic ring is 1. The lowest BCUT2D eigenvalue weighted by Gasteiger charge is -2.07. The third-order valence-corrected chi connectivity index (χ3v) is 2.16. The quantitative estimate of drug-likeness (QED) is 0.751. The molecule has 0 atom stereocenters. The summed E-state index contributed by atoms with van der Waals surface area (Å²) in [6.45, 7) is 1.86. The first-order valence-corrected chi connectivity index (χ1v) is 4.39. The van der Waals surface area contributed by atoms with Crippen molar-refractivity contribution in [3.63, 3.8) is 0 Å². The molecule has 0 aliphatic rings. The van der Waals surface area contributed by atoms with Gasteiger partial charge in [-0.3, -0.25) is 0 Å². The van der Waals surface area contributed by atoms with E-state index in [-0.39, 0.29) is 0 Å². The molecule has 0 amide bonds. The monoisotopic (exact) mass is 202 g/mol. The summed E-state index contributed by atoms with van der Waals surface area (Å²) in [5.74, 6) is 0.385. The molecule has 15 heavy (non-hydrogen) atoms. The van der Waals surface area contributed by atoms with Gasteiger partial charge in [-0.05, 0) is 6.92 Å². The zero-order chi connectivity index (χ0) is 11.0. The third-order valence-electron chi connectivity index (χ3n) is 2.16. The summed E-state index contributed by atoms with van der Waals surface area (Å²) in [5.41, 5.74) is 7.96. The van der Waals surface area contributed by atoms with Crippen LogP contribution in [0.5, 0.6) is 5.75 Å². The van der Waals surface area contributed by atoms with Crippen LogP contribution in [0.15, 0.2) is 12.4 Å². The van der Waals surface area contributed by atoms with Crippen LogP contribution in [0.25, 0.3) is 5.65 Å². The summed E-state index contributed by atoms with van der Waals surface area (Å²) in [6.07, 6.45) is 3.50. The van der Waals surface area contributed by atoms with Crippen LogP contribution in [0.4, 0.5) is 5.69 Å². The van der Waals surface area contributed by atoms with E-state index in [0.29, 0.717) is 22.6 Å². The Morgan fingerprint density at radius 3 is 2.87 bits per heavy atom. The summed E-state index contributed by atoms with van der Waals surface area (Å²) in [4.78, 5) is 4.24. The van der Waals surface area contributed by atoms with Gasteiger partial charge in [0.25, 0.3) is 0 Å². The summed E-state index contributed by atoms with van der Waals surface area (Å²) in [6, 6.07) is 2.06. The van der Waals surface area contributed by atoms with Crippen molar-refractivity contribution in [2.24, 2.45) is 0 Å². The van der Waals surface area contributed by atoms with Gasteiger partial charge in [0.05, 0.1) is 18.5 Å². The van der Waals surface area contributed by atoms with E-state index in [1.807, 2.05) is 13.1 Å². The van der Waals surface area contributed by atoms with Crippen molar-refractivity contribution in [3.05, 3.63) is 23.7 Å². The Morgan fingerprint density at radius 1 is 1.53 bits per heavy atom. The summed E-state index contributed by atoms with van der Waals surface area (Å²) in [5, 5.41) is 9.04. The van der Waals surface area contributed by atoms with Crippen molar-refractivity contribution in [3.8, 4) is 11.8 Å². The van der Waals surface area contributed by atoms with Crippen LogP contribution < -0.4 is 10.5 Å². The van der Waals surface area contributed by atoms with Gasteiger partial charge in [-0.2, -0.15) is 5.26 Å². The highest BCUT2D eigenvalue weighted by atomic mass is 16.5. The fourth-order valence-electron chi connectivity index (χ4n) is 1.57. The average Bonchev–Trinajstić information content (AvgIpc) is 2.55. The largest absolute Gasteiger partial charge is 0.493 e. The Morgan fingerprint density at radius 2 is 2.27 bits per heavy atom. The summed E-state index contributed by atoms with van der Waals surface area (Å²) < 4.78 is 6.81. The van der Waals surface area contributed by atoms with Crippen LogP contribution >= 0.6 is 0 Å². The van der Waals surface area contributed by atoms with Gasteiger partial charge < -0.3 is 14.9 Å². The number of nitrogens with two attached hydrogens (primary N) is 1. The second kappa shape index (κ2) is 3.17. The van der Waals surface area contributed by atoms with Crippen molar-refractivity contribution in [2.75, 3.05) is 12.8 Å². The van der Waals surface area contributed by atoms with E-state index in [1.54, 1.807) is 10.6 Å². The molecule has 5 nitrogen and oxygen atoms in total. The second-order valence-electron chi connectivity index (χ2n) is 3.22. The summed E-state index contributed by atoms with van der Waals surface area (Å²) in [7, 11) is 1.48. The van der Waals surface area contributed by atoms with Gasteiger partial charge in [0.1, 0.15) is 11.6 Å².